The summed E-state index contributed by atoms with van der Waals surface area (Å²) < 4.78 is 6.95. The minimum absolute atomic E-state index is 0.296. The number of methoxy groups -OCH3 is 1. The zero-order valence-corrected chi connectivity index (χ0v) is 19.5. The molecule has 0 aromatic carbocycles. The van der Waals surface area contributed by atoms with Gasteiger partial charge in [-0.15, -0.1) is 15.3 Å². The van der Waals surface area contributed by atoms with Gasteiger partial charge in [0.25, 0.3) is 0 Å². The van der Waals surface area contributed by atoms with E-state index in [2.05, 4.69) is 31.2 Å². The fourth-order valence-corrected chi connectivity index (χ4v) is 6.88. The lowest BCUT2D eigenvalue weighted by Crippen LogP contribution is -2.60. The van der Waals surface area contributed by atoms with Gasteiger partial charge in [-0.25, -0.2) is 0 Å². The maximum absolute atomic E-state index is 13.4. The van der Waals surface area contributed by atoms with Crippen molar-refractivity contribution in [3.8, 4) is 5.88 Å². The molecule has 4 aliphatic rings. The van der Waals surface area contributed by atoms with Crippen LogP contribution in [0.2, 0.25) is 0 Å². The summed E-state index contributed by atoms with van der Waals surface area (Å²) in [7, 11) is 1.60. The van der Waals surface area contributed by atoms with Crippen LogP contribution in [0.1, 0.15) is 57.2 Å². The van der Waals surface area contributed by atoms with Gasteiger partial charge in [0, 0.05) is 38.0 Å². The number of nitrogens with zero attached hydrogens (tertiary/aromatic N) is 6. The SMILES string of the molecule is COc1ccc2nnc(CCCC(=O)N3CCCC4=CC5CC(CN6CCCCC56)C43)n2n1. The summed E-state index contributed by atoms with van der Waals surface area (Å²) in [5, 5.41) is 12.9. The minimum Gasteiger partial charge on any atom is -0.480 e. The van der Waals surface area contributed by atoms with Crippen LogP contribution in [0.3, 0.4) is 0 Å². The Morgan fingerprint density at radius 2 is 2.12 bits per heavy atom. The number of piperidine rings is 3. The molecule has 8 nitrogen and oxygen atoms in total. The van der Waals surface area contributed by atoms with E-state index >= 15 is 0 Å². The van der Waals surface area contributed by atoms with E-state index in [0.717, 1.165) is 31.3 Å². The quantitative estimate of drug-likeness (QED) is 0.652. The molecule has 2 aromatic heterocycles. The summed E-state index contributed by atoms with van der Waals surface area (Å²) in [6.07, 6.45) is 12.2. The average Bonchev–Trinajstić information content (AvgIpc) is 3.25. The van der Waals surface area contributed by atoms with E-state index < -0.39 is 0 Å². The van der Waals surface area contributed by atoms with Crippen LogP contribution in [0.15, 0.2) is 23.8 Å². The number of carbonyl (C=O) groups excluding carboxylic acids is 1. The number of hydrogen-bond acceptors (Lipinski definition) is 6. The molecular formula is C25H34N6O2. The van der Waals surface area contributed by atoms with Gasteiger partial charge in [-0.2, -0.15) is 4.52 Å². The van der Waals surface area contributed by atoms with Gasteiger partial charge in [0.2, 0.25) is 11.8 Å². The fraction of sp³-hybridized carbons (Fsp3) is 0.680. The number of hydrogen-bond donors (Lipinski definition) is 0. The van der Waals surface area contributed by atoms with Gasteiger partial charge < -0.3 is 9.64 Å². The number of ether oxygens (including phenoxy) is 1. The standard InChI is InChI=1S/C25H34N6O2/c1-33-23-11-10-22-27-26-21(31(22)28-23)8-4-9-24(32)30-13-5-6-17-14-18-15-19(25(17)30)16-29-12-3-2-7-20(18)29/h10-11,14,18-20,25H,2-9,12-13,15-16H2,1H3. The van der Waals surface area contributed by atoms with Crippen molar-refractivity contribution in [3.63, 3.8) is 0 Å². The van der Waals surface area contributed by atoms with Crippen LogP contribution in [-0.4, -0.2) is 74.3 Å². The number of fused-ring (bicyclic) bond motifs is 7. The van der Waals surface area contributed by atoms with Crippen molar-refractivity contribution in [1.29, 1.82) is 0 Å². The van der Waals surface area contributed by atoms with Crippen molar-refractivity contribution in [2.24, 2.45) is 11.8 Å². The molecular weight excluding hydrogens is 416 g/mol. The van der Waals surface area contributed by atoms with Gasteiger partial charge in [-0.3, -0.25) is 9.69 Å². The molecule has 0 saturated carbocycles. The van der Waals surface area contributed by atoms with E-state index in [4.69, 9.17) is 4.74 Å². The molecule has 0 N–H and O–H groups in total. The van der Waals surface area contributed by atoms with Crippen LogP contribution >= 0.6 is 0 Å². The molecule has 3 fully saturated rings. The summed E-state index contributed by atoms with van der Waals surface area (Å²) >= 11 is 0. The Morgan fingerprint density at radius 3 is 3.03 bits per heavy atom. The number of rotatable bonds is 5. The zero-order chi connectivity index (χ0) is 22.4. The van der Waals surface area contributed by atoms with Gasteiger partial charge in [-0.1, -0.05) is 18.1 Å². The topological polar surface area (TPSA) is 75.9 Å². The molecule has 0 radical (unpaired) electrons. The highest BCUT2D eigenvalue weighted by atomic mass is 16.5. The molecule has 5 heterocycles. The molecule has 1 amide bonds. The van der Waals surface area contributed by atoms with Crippen molar-refractivity contribution in [2.45, 2.75) is 69.9 Å². The van der Waals surface area contributed by atoms with Crippen LogP contribution in [0.5, 0.6) is 5.88 Å². The monoisotopic (exact) mass is 450 g/mol. The molecule has 0 spiro atoms. The lowest BCUT2D eigenvalue weighted by molar-refractivity contribution is -0.136. The second-order valence-electron chi connectivity index (χ2n) is 10.2. The molecule has 2 aromatic rings. The fourth-order valence-electron chi connectivity index (χ4n) is 6.88. The molecule has 3 aliphatic heterocycles. The summed E-state index contributed by atoms with van der Waals surface area (Å²) in [5.74, 6) is 2.91. The zero-order valence-electron chi connectivity index (χ0n) is 19.5. The first-order valence-electron chi connectivity index (χ1n) is 12.7. The second kappa shape index (κ2) is 8.70. The van der Waals surface area contributed by atoms with Crippen molar-refractivity contribution >= 4 is 11.6 Å². The van der Waals surface area contributed by atoms with Crippen LogP contribution < -0.4 is 4.74 Å². The van der Waals surface area contributed by atoms with Gasteiger partial charge in [0.05, 0.1) is 13.2 Å². The molecule has 2 bridgehead atoms. The maximum atomic E-state index is 13.4. The van der Waals surface area contributed by atoms with Crippen molar-refractivity contribution in [2.75, 3.05) is 26.7 Å². The number of aromatic nitrogens is 4. The smallest absolute Gasteiger partial charge is 0.231 e. The Labute approximate surface area is 195 Å². The third-order valence-corrected chi connectivity index (χ3v) is 8.28. The first kappa shape index (κ1) is 21.1. The van der Waals surface area contributed by atoms with E-state index in [1.807, 2.05) is 6.07 Å². The lowest BCUT2D eigenvalue weighted by Gasteiger charge is -2.54. The maximum Gasteiger partial charge on any atom is 0.231 e. The number of amides is 1. The van der Waals surface area contributed by atoms with Crippen molar-refractivity contribution in [3.05, 3.63) is 29.6 Å². The Hall–Kier alpha value is -2.48. The van der Waals surface area contributed by atoms with Crippen LogP contribution in [0.25, 0.3) is 5.65 Å². The highest BCUT2D eigenvalue weighted by molar-refractivity contribution is 5.77. The highest BCUT2D eigenvalue weighted by Crippen LogP contribution is 2.45. The molecule has 176 valence electrons. The van der Waals surface area contributed by atoms with E-state index in [-0.39, 0.29) is 0 Å². The summed E-state index contributed by atoms with van der Waals surface area (Å²) in [6, 6.07) is 4.71. The molecule has 4 atom stereocenters. The first-order chi connectivity index (χ1) is 16.2. The highest BCUT2D eigenvalue weighted by Gasteiger charge is 2.46. The van der Waals surface area contributed by atoms with Gasteiger partial charge in [0.1, 0.15) is 0 Å². The third-order valence-electron chi connectivity index (χ3n) is 8.28. The Kier molecular flexibility index (Phi) is 5.56. The van der Waals surface area contributed by atoms with E-state index in [9.17, 15) is 4.79 Å². The summed E-state index contributed by atoms with van der Waals surface area (Å²) in [4.78, 5) is 18.4. The second-order valence-corrected chi connectivity index (χ2v) is 10.2. The van der Waals surface area contributed by atoms with E-state index in [0.29, 0.717) is 48.2 Å². The molecule has 33 heavy (non-hydrogen) atoms. The largest absolute Gasteiger partial charge is 0.480 e. The van der Waals surface area contributed by atoms with Crippen LogP contribution in [0.4, 0.5) is 0 Å². The predicted molar refractivity (Wildman–Crippen MR) is 124 cm³/mol. The Morgan fingerprint density at radius 1 is 1.18 bits per heavy atom. The number of carbonyl (C=O) groups is 1. The van der Waals surface area contributed by atoms with Gasteiger partial charge >= 0.3 is 0 Å². The third kappa shape index (κ3) is 3.82. The van der Waals surface area contributed by atoms with Crippen molar-refractivity contribution in [1.82, 2.24) is 29.6 Å². The van der Waals surface area contributed by atoms with Crippen LogP contribution in [0, 0.1) is 11.8 Å². The Bertz CT molecular complexity index is 1060. The first-order valence-corrected chi connectivity index (χ1v) is 12.7. The number of likely N-dealkylation sites (tertiary alicyclic amines) is 1. The van der Waals surface area contributed by atoms with E-state index in [1.165, 1.54) is 45.2 Å². The lowest BCUT2D eigenvalue weighted by atomic mass is 9.68. The predicted octanol–water partition coefficient (Wildman–Crippen LogP) is 2.88. The van der Waals surface area contributed by atoms with E-state index in [1.54, 1.807) is 23.3 Å². The number of aryl methyl sites for hydroxylation is 1. The molecule has 6 rings (SSSR count). The Balaban J connectivity index is 1.13. The molecule has 1 aliphatic carbocycles. The molecule has 4 unspecified atom stereocenters. The van der Waals surface area contributed by atoms with Crippen LogP contribution in [-0.2, 0) is 11.2 Å². The molecule has 8 heteroatoms. The normalized spacial score (nSPS) is 29.4. The summed E-state index contributed by atoms with van der Waals surface area (Å²) in [5.41, 5.74) is 2.26. The minimum atomic E-state index is 0.296. The summed E-state index contributed by atoms with van der Waals surface area (Å²) in [6.45, 7) is 3.32. The van der Waals surface area contributed by atoms with Crippen molar-refractivity contribution < 1.29 is 9.53 Å². The van der Waals surface area contributed by atoms with Gasteiger partial charge in [0.15, 0.2) is 11.5 Å². The average molecular weight is 451 g/mol. The molecule has 3 saturated heterocycles. The van der Waals surface area contributed by atoms with Gasteiger partial charge in [-0.05, 0) is 63.0 Å².